The normalized spacial score (nSPS) is 12.3. The van der Waals surface area contributed by atoms with Gasteiger partial charge in [0.15, 0.2) is 0 Å². The van der Waals surface area contributed by atoms with E-state index >= 15 is 0 Å². The number of ether oxygens (including phenoxy) is 1. The molecule has 1 aromatic rings. The van der Waals surface area contributed by atoms with Crippen molar-refractivity contribution in [2.45, 2.75) is 32.7 Å². The van der Waals surface area contributed by atoms with Crippen LogP contribution in [0.5, 0.6) is 5.75 Å². The molecule has 0 heterocycles. The highest BCUT2D eigenvalue weighted by atomic mass is 16.5. The highest BCUT2D eigenvalue weighted by Crippen LogP contribution is 2.13. The lowest BCUT2D eigenvalue weighted by Crippen LogP contribution is -2.45. The number of amides is 1. The van der Waals surface area contributed by atoms with E-state index in [4.69, 9.17) is 10.5 Å². The minimum absolute atomic E-state index is 0.0229. The average molecular weight is 278 g/mol. The molecule has 4 nitrogen and oxygen atoms in total. The first kappa shape index (κ1) is 16.5. The lowest BCUT2D eigenvalue weighted by Gasteiger charge is -2.23. The van der Waals surface area contributed by atoms with Crippen LogP contribution in [0.3, 0.4) is 0 Å². The van der Waals surface area contributed by atoms with Crippen molar-refractivity contribution >= 4 is 5.91 Å². The van der Waals surface area contributed by atoms with Crippen LogP contribution in [-0.2, 0) is 11.2 Å². The molecule has 112 valence electrons. The van der Waals surface area contributed by atoms with Crippen molar-refractivity contribution in [1.82, 2.24) is 4.90 Å². The van der Waals surface area contributed by atoms with Gasteiger partial charge in [-0.05, 0) is 36.5 Å². The molecule has 0 bridgehead atoms. The van der Waals surface area contributed by atoms with Crippen molar-refractivity contribution in [1.29, 1.82) is 0 Å². The third kappa shape index (κ3) is 4.85. The van der Waals surface area contributed by atoms with Gasteiger partial charge in [0, 0.05) is 13.6 Å². The fourth-order valence-corrected chi connectivity index (χ4v) is 1.96. The number of hydrogen-bond acceptors (Lipinski definition) is 3. The van der Waals surface area contributed by atoms with Gasteiger partial charge in [0.1, 0.15) is 5.75 Å². The van der Waals surface area contributed by atoms with Crippen LogP contribution in [0.4, 0.5) is 0 Å². The second kappa shape index (κ2) is 7.90. The number of rotatable bonds is 7. The second-order valence-corrected chi connectivity index (χ2v) is 5.48. The minimum atomic E-state index is -0.402. The molecule has 1 atom stereocenters. The quantitative estimate of drug-likeness (QED) is 0.830. The molecule has 0 saturated carbocycles. The van der Waals surface area contributed by atoms with Crippen LogP contribution in [0.15, 0.2) is 24.3 Å². The monoisotopic (exact) mass is 278 g/mol. The maximum Gasteiger partial charge on any atom is 0.239 e. The van der Waals surface area contributed by atoms with Crippen molar-refractivity contribution in [2.75, 3.05) is 20.7 Å². The smallest absolute Gasteiger partial charge is 0.239 e. The summed E-state index contributed by atoms with van der Waals surface area (Å²) in [5.74, 6) is 1.06. The largest absolute Gasteiger partial charge is 0.497 e. The molecule has 1 rings (SSSR count). The molecule has 20 heavy (non-hydrogen) atoms. The summed E-state index contributed by atoms with van der Waals surface area (Å²) in [5, 5.41) is 0. The predicted octanol–water partition coefficient (Wildman–Crippen LogP) is 2.07. The molecule has 1 aromatic carbocycles. The number of nitrogens with two attached hydrogens (primary N) is 1. The van der Waals surface area contributed by atoms with E-state index in [9.17, 15) is 4.79 Å². The SMILES string of the molecule is COc1ccc(CCCN(C)C(=O)[C@@H](N)C(C)C)cc1. The molecular formula is C16H26N2O2. The topological polar surface area (TPSA) is 55.6 Å². The number of hydrogen-bond donors (Lipinski definition) is 1. The Balaban J connectivity index is 2.37. The Bertz CT molecular complexity index is 415. The third-order valence-electron chi connectivity index (χ3n) is 3.50. The van der Waals surface area contributed by atoms with Gasteiger partial charge < -0.3 is 15.4 Å². The molecule has 0 fully saturated rings. The Hall–Kier alpha value is -1.55. The lowest BCUT2D eigenvalue weighted by atomic mass is 10.0. The van der Waals surface area contributed by atoms with E-state index in [1.807, 2.05) is 33.0 Å². The zero-order valence-electron chi connectivity index (χ0n) is 12.9. The second-order valence-electron chi connectivity index (χ2n) is 5.48. The summed E-state index contributed by atoms with van der Waals surface area (Å²) in [6.07, 6.45) is 1.87. The highest BCUT2D eigenvalue weighted by molar-refractivity contribution is 5.81. The number of aryl methyl sites for hydroxylation is 1. The zero-order chi connectivity index (χ0) is 15.1. The van der Waals surface area contributed by atoms with Crippen LogP contribution in [0.1, 0.15) is 25.8 Å². The van der Waals surface area contributed by atoms with E-state index in [0.29, 0.717) is 0 Å². The maximum absolute atomic E-state index is 12.0. The standard InChI is InChI=1S/C16H26N2O2/c1-12(2)15(17)16(19)18(3)11-5-6-13-7-9-14(20-4)10-8-13/h7-10,12,15H,5-6,11,17H2,1-4H3/t15-/m0/s1. The van der Waals surface area contributed by atoms with Gasteiger partial charge in [0.05, 0.1) is 13.2 Å². The Morgan fingerprint density at radius 3 is 2.40 bits per heavy atom. The number of methoxy groups -OCH3 is 1. The van der Waals surface area contributed by atoms with Gasteiger partial charge in [0.25, 0.3) is 0 Å². The summed E-state index contributed by atoms with van der Waals surface area (Å²) in [6, 6.07) is 7.62. The molecule has 0 spiro atoms. The van der Waals surface area contributed by atoms with Crippen LogP contribution in [-0.4, -0.2) is 37.6 Å². The predicted molar refractivity (Wildman–Crippen MR) is 81.8 cm³/mol. The summed E-state index contributed by atoms with van der Waals surface area (Å²) in [5.41, 5.74) is 7.12. The average Bonchev–Trinajstić information content (AvgIpc) is 2.46. The van der Waals surface area contributed by atoms with E-state index in [2.05, 4.69) is 12.1 Å². The summed E-state index contributed by atoms with van der Waals surface area (Å²) in [6.45, 7) is 4.66. The molecule has 0 aliphatic rings. The molecule has 0 aromatic heterocycles. The maximum atomic E-state index is 12.0. The van der Waals surface area contributed by atoms with E-state index in [1.54, 1.807) is 12.0 Å². The Morgan fingerprint density at radius 1 is 1.30 bits per heavy atom. The summed E-state index contributed by atoms with van der Waals surface area (Å²) >= 11 is 0. The van der Waals surface area contributed by atoms with Crippen molar-refractivity contribution in [3.05, 3.63) is 29.8 Å². The molecule has 1 amide bonds. The molecule has 0 saturated heterocycles. The lowest BCUT2D eigenvalue weighted by molar-refractivity contribution is -0.132. The van der Waals surface area contributed by atoms with E-state index in [-0.39, 0.29) is 11.8 Å². The van der Waals surface area contributed by atoms with Gasteiger partial charge >= 0.3 is 0 Å². The van der Waals surface area contributed by atoms with Crippen molar-refractivity contribution in [3.8, 4) is 5.75 Å². The number of carbonyl (C=O) groups excluding carboxylic acids is 1. The molecule has 0 radical (unpaired) electrons. The van der Waals surface area contributed by atoms with Crippen molar-refractivity contribution < 1.29 is 9.53 Å². The van der Waals surface area contributed by atoms with Crippen molar-refractivity contribution in [2.24, 2.45) is 11.7 Å². The van der Waals surface area contributed by atoms with Crippen LogP contribution < -0.4 is 10.5 Å². The summed E-state index contributed by atoms with van der Waals surface area (Å²) in [4.78, 5) is 13.7. The summed E-state index contributed by atoms with van der Waals surface area (Å²) < 4.78 is 5.13. The Kier molecular flexibility index (Phi) is 6.52. The van der Waals surface area contributed by atoms with Gasteiger partial charge in [-0.15, -0.1) is 0 Å². The van der Waals surface area contributed by atoms with Crippen molar-refractivity contribution in [3.63, 3.8) is 0 Å². The molecule has 0 aliphatic heterocycles. The fraction of sp³-hybridized carbons (Fsp3) is 0.562. The number of carbonyl (C=O) groups is 1. The van der Waals surface area contributed by atoms with Crippen LogP contribution >= 0.6 is 0 Å². The molecule has 0 aliphatic carbocycles. The van der Waals surface area contributed by atoms with E-state index in [0.717, 1.165) is 25.1 Å². The zero-order valence-corrected chi connectivity index (χ0v) is 12.9. The number of nitrogens with zero attached hydrogens (tertiary/aromatic N) is 1. The Labute approximate surface area is 121 Å². The molecule has 2 N–H and O–H groups in total. The molecule has 4 heteroatoms. The van der Waals surface area contributed by atoms with Gasteiger partial charge in [-0.25, -0.2) is 0 Å². The van der Waals surface area contributed by atoms with Gasteiger partial charge in [0.2, 0.25) is 5.91 Å². The number of benzene rings is 1. The minimum Gasteiger partial charge on any atom is -0.497 e. The van der Waals surface area contributed by atoms with E-state index in [1.165, 1.54) is 5.56 Å². The van der Waals surface area contributed by atoms with E-state index < -0.39 is 6.04 Å². The first-order valence-corrected chi connectivity index (χ1v) is 7.09. The van der Waals surface area contributed by atoms with Crippen LogP contribution in [0.2, 0.25) is 0 Å². The van der Waals surface area contributed by atoms with Gasteiger partial charge in [-0.3, -0.25) is 4.79 Å². The molecular weight excluding hydrogens is 252 g/mol. The van der Waals surface area contributed by atoms with Crippen LogP contribution in [0, 0.1) is 5.92 Å². The Morgan fingerprint density at radius 2 is 1.90 bits per heavy atom. The fourth-order valence-electron chi connectivity index (χ4n) is 1.96. The highest BCUT2D eigenvalue weighted by Gasteiger charge is 2.20. The molecule has 0 unspecified atom stereocenters. The number of likely N-dealkylation sites (N-methyl/N-ethyl adjacent to an activating group) is 1. The first-order chi connectivity index (χ1) is 9.45. The van der Waals surface area contributed by atoms with Gasteiger partial charge in [-0.1, -0.05) is 26.0 Å². The van der Waals surface area contributed by atoms with Crippen LogP contribution in [0.25, 0.3) is 0 Å². The third-order valence-corrected chi connectivity index (χ3v) is 3.50. The first-order valence-electron chi connectivity index (χ1n) is 7.09. The van der Waals surface area contributed by atoms with Gasteiger partial charge in [-0.2, -0.15) is 0 Å². The summed E-state index contributed by atoms with van der Waals surface area (Å²) in [7, 11) is 3.48.